The van der Waals surface area contributed by atoms with Crippen LogP contribution in [0.1, 0.15) is 12.6 Å². The number of aliphatic hydroxyl groups excluding tert-OH is 1. The van der Waals surface area contributed by atoms with Gasteiger partial charge in [-0.05, 0) is 12.1 Å². The van der Waals surface area contributed by atoms with E-state index in [-0.39, 0.29) is 19.0 Å². The number of aromatic nitrogens is 1. The molecule has 1 unspecified atom stereocenters. The fraction of sp³-hybridized carbons (Fsp3) is 0.444. The summed E-state index contributed by atoms with van der Waals surface area (Å²) in [6.07, 6.45) is 1.37. The summed E-state index contributed by atoms with van der Waals surface area (Å²) in [7, 11) is 0. The second-order valence-corrected chi connectivity index (χ2v) is 3.28. The van der Waals surface area contributed by atoms with Gasteiger partial charge in [-0.25, -0.2) is 4.39 Å². The monoisotopic (exact) mass is 184 g/mol. The predicted octanol–water partition coefficient (Wildman–Crippen LogP) is 0.429. The molecule has 0 amide bonds. The molecule has 1 heterocycles. The van der Waals surface area contributed by atoms with E-state index in [9.17, 15) is 4.39 Å². The molecule has 0 radical (unpaired) electrons. The highest BCUT2D eigenvalue weighted by molar-refractivity contribution is 5.17. The Morgan fingerprint density at radius 2 is 2.38 bits per heavy atom. The molecule has 13 heavy (non-hydrogen) atoms. The van der Waals surface area contributed by atoms with Crippen molar-refractivity contribution in [3.8, 4) is 0 Å². The first kappa shape index (κ1) is 10.1. The van der Waals surface area contributed by atoms with Crippen molar-refractivity contribution in [2.75, 3.05) is 13.2 Å². The Hall–Kier alpha value is -1.00. The standard InChI is InChI=1S/C9H13FN2O/c1-9(5-11,6-13)8-4-7(10)2-3-12-8/h2-4,13H,5-6,11H2,1H3. The van der Waals surface area contributed by atoms with Gasteiger partial charge in [0.15, 0.2) is 0 Å². The first-order valence-electron chi connectivity index (χ1n) is 4.05. The Bertz CT molecular complexity index is 287. The molecule has 1 rings (SSSR count). The average Bonchev–Trinajstić information content (AvgIpc) is 2.17. The zero-order valence-electron chi connectivity index (χ0n) is 7.50. The lowest BCUT2D eigenvalue weighted by Gasteiger charge is -2.24. The topological polar surface area (TPSA) is 59.1 Å². The average molecular weight is 184 g/mol. The summed E-state index contributed by atoms with van der Waals surface area (Å²) in [6.45, 7) is 1.84. The Labute approximate surface area is 76.4 Å². The maximum atomic E-state index is 12.8. The molecule has 0 aliphatic carbocycles. The van der Waals surface area contributed by atoms with Crippen molar-refractivity contribution < 1.29 is 9.50 Å². The third kappa shape index (κ3) is 2.02. The third-order valence-electron chi connectivity index (χ3n) is 2.14. The van der Waals surface area contributed by atoms with E-state index in [0.29, 0.717) is 5.69 Å². The number of hydrogen-bond acceptors (Lipinski definition) is 3. The van der Waals surface area contributed by atoms with E-state index in [1.165, 1.54) is 18.3 Å². The summed E-state index contributed by atoms with van der Waals surface area (Å²) in [6, 6.07) is 2.56. The second kappa shape index (κ2) is 3.81. The number of nitrogens with zero attached hydrogens (tertiary/aromatic N) is 1. The maximum absolute atomic E-state index is 12.8. The molecule has 0 spiro atoms. The zero-order chi connectivity index (χ0) is 9.90. The molecule has 0 bridgehead atoms. The molecule has 72 valence electrons. The highest BCUT2D eigenvalue weighted by Gasteiger charge is 2.25. The molecule has 3 nitrogen and oxygen atoms in total. The van der Waals surface area contributed by atoms with Gasteiger partial charge in [0, 0.05) is 18.2 Å². The SMILES string of the molecule is CC(CN)(CO)c1cc(F)ccn1. The number of aliphatic hydroxyl groups is 1. The fourth-order valence-electron chi connectivity index (χ4n) is 0.985. The van der Waals surface area contributed by atoms with Crippen LogP contribution in [-0.2, 0) is 5.41 Å². The van der Waals surface area contributed by atoms with Gasteiger partial charge in [0.05, 0.1) is 12.3 Å². The van der Waals surface area contributed by atoms with E-state index in [1.54, 1.807) is 6.92 Å². The maximum Gasteiger partial charge on any atom is 0.126 e. The Morgan fingerprint density at radius 1 is 1.69 bits per heavy atom. The molecule has 1 aromatic heterocycles. The largest absolute Gasteiger partial charge is 0.395 e. The van der Waals surface area contributed by atoms with Gasteiger partial charge in [0.2, 0.25) is 0 Å². The summed E-state index contributed by atoms with van der Waals surface area (Å²) >= 11 is 0. The Morgan fingerprint density at radius 3 is 2.85 bits per heavy atom. The van der Waals surface area contributed by atoms with Gasteiger partial charge in [-0.1, -0.05) is 6.92 Å². The molecule has 0 saturated heterocycles. The van der Waals surface area contributed by atoms with Crippen LogP contribution in [0, 0.1) is 5.82 Å². The lowest BCUT2D eigenvalue weighted by molar-refractivity contribution is 0.206. The van der Waals surface area contributed by atoms with Gasteiger partial charge in [0.25, 0.3) is 0 Å². The lowest BCUT2D eigenvalue weighted by Crippen LogP contribution is -2.36. The van der Waals surface area contributed by atoms with Crippen molar-refractivity contribution in [1.29, 1.82) is 0 Å². The molecule has 1 atom stereocenters. The number of rotatable bonds is 3. The highest BCUT2D eigenvalue weighted by atomic mass is 19.1. The van der Waals surface area contributed by atoms with E-state index in [4.69, 9.17) is 10.8 Å². The summed E-state index contributed by atoms with van der Waals surface area (Å²) in [5.74, 6) is -0.363. The minimum Gasteiger partial charge on any atom is -0.395 e. The number of halogens is 1. The van der Waals surface area contributed by atoms with Crippen molar-refractivity contribution in [3.05, 3.63) is 29.8 Å². The minimum absolute atomic E-state index is 0.139. The zero-order valence-corrected chi connectivity index (χ0v) is 7.50. The lowest BCUT2D eigenvalue weighted by atomic mass is 9.87. The van der Waals surface area contributed by atoms with Crippen LogP contribution >= 0.6 is 0 Å². The highest BCUT2D eigenvalue weighted by Crippen LogP contribution is 2.19. The van der Waals surface area contributed by atoms with Crippen LogP contribution < -0.4 is 5.73 Å². The van der Waals surface area contributed by atoms with Crippen LogP contribution in [0.25, 0.3) is 0 Å². The summed E-state index contributed by atoms with van der Waals surface area (Å²) in [5, 5.41) is 9.09. The molecule has 4 heteroatoms. The van der Waals surface area contributed by atoms with E-state index < -0.39 is 5.41 Å². The molecule has 0 fully saturated rings. The van der Waals surface area contributed by atoms with Crippen molar-refractivity contribution in [1.82, 2.24) is 4.98 Å². The van der Waals surface area contributed by atoms with Gasteiger partial charge in [0.1, 0.15) is 5.82 Å². The molecule has 0 aromatic carbocycles. The van der Waals surface area contributed by atoms with E-state index in [1.807, 2.05) is 0 Å². The first-order chi connectivity index (χ1) is 6.12. The van der Waals surface area contributed by atoms with Crippen LogP contribution in [0.15, 0.2) is 18.3 Å². The Kier molecular flexibility index (Phi) is 2.95. The fourth-order valence-corrected chi connectivity index (χ4v) is 0.985. The van der Waals surface area contributed by atoms with Crippen molar-refractivity contribution in [2.45, 2.75) is 12.3 Å². The number of nitrogens with two attached hydrogens (primary N) is 1. The van der Waals surface area contributed by atoms with Crippen LogP contribution in [-0.4, -0.2) is 23.2 Å². The molecule has 0 aliphatic heterocycles. The van der Waals surface area contributed by atoms with Crippen molar-refractivity contribution in [3.63, 3.8) is 0 Å². The van der Waals surface area contributed by atoms with E-state index in [2.05, 4.69) is 4.98 Å². The summed E-state index contributed by atoms with van der Waals surface area (Å²) < 4.78 is 12.8. The smallest absolute Gasteiger partial charge is 0.126 e. The van der Waals surface area contributed by atoms with E-state index >= 15 is 0 Å². The van der Waals surface area contributed by atoms with Gasteiger partial charge in [-0.2, -0.15) is 0 Å². The summed E-state index contributed by atoms with van der Waals surface area (Å²) in [5.41, 5.74) is 5.31. The first-order valence-corrected chi connectivity index (χ1v) is 4.05. The van der Waals surface area contributed by atoms with Gasteiger partial charge in [-0.15, -0.1) is 0 Å². The Balaban J connectivity index is 3.05. The van der Waals surface area contributed by atoms with Crippen molar-refractivity contribution >= 4 is 0 Å². The number of hydrogen-bond donors (Lipinski definition) is 2. The molecule has 3 N–H and O–H groups in total. The van der Waals surface area contributed by atoms with Gasteiger partial charge in [-0.3, -0.25) is 4.98 Å². The van der Waals surface area contributed by atoms with E-state index in [0.717, 1.165) is 0 Å². The van der Waals surface area contributed by atoms with Crippen LogP contribution in [0.3, 0.4) is 0 Å². The molecule has 0 aliphatic rings. The van der Waals surface area contributed by atoms with Gasteiger partial charge >= 0.3 is 0 Å². The van der Waals surface area contributed by atoms with Crippen molar-refractivity contribution in [2.24, 2.45) is 5.73 Å². The van der Waals surface area contributed by atoms with Crippen LogP contribution in [0.2, 0.25) is 0 Å². The molecular formula is C9H13FN2O. The number of pyridine rings is 1. The summed E-state index contributed by atoms with van der Waals surface area (Å²) in [4.78, 5) is 3.97. The van der Waals surface area contributed by atoms with Crippen LogP contribution in [0.4, 0.5) is 4.39 Å². The predicted molar refractivity (Wildman–Crippen MR) is 47.7 cm³/mol. The normalized spacial score (nSPS) is 15.4. The molecule has 1 aromatic rings. The third-order valence-corrected chi connectivity index (χ3v) is 2.14. The molecule has 0 saturated carbocycles. The quantitative estimate of drug-likeness (QED) is 0.716. The second-order valence-electron chi connectivity index (χ2n) is 3.28. The molecular weight excluding hydrogens is 171 g/mol. The van der Waals surface area contributed by atoms with Gasteiger partial charge < -0.3 is 10.8 Å². The van der Waals surface area contributed by atoms with Crippen LogP contribution in [0.5, 0.6) is 0 Å². The minimum atomic E-state index is -0.651.